The summed E-state index contributed by atoms with van der Waals surface area (Å²) in [4.78, 5) is 0. The highest BCUT2D eigenvalue weighted by molar-refractivity contribution is 4.94. The Morgan fingerprint density at radius 3 is 2.73 bits per heavy atom. The number of aliphatic hydroxyl groups is 1. The van der Waals surface area contributed by atoms with Gasteiger partial charge >= 0.3 is 0 Å². The van der Waals surface area contributed by atoms with Crippen molar-refractivity contribution < 1.29 is 9.84 Å². The van der Waals surface area contributed by atoms with Crippen LogP contribution >= 0.6 is 0 Å². The molecule has 15 heavy (non-hydrogen) atoms. The van der Waals surface area contributed by atoms with Crippen LogP contribution < -0.4 is 5.32 Å². The molecule has 1 rings (SSSR count). The molecular formula is C12H25NO2. The van der Waals surface area contributed by atoms with Gasteiger partial charge in [-0.1, -0.05) is 13.3 Å². The average molecular weight is 215 g/mol. The average Bonchev–Trinajstić information content (AvgIpc) is 2.60. The molecule has 1 saturated carbocycles. The summed E-state index contributed by atoms with van der Waals surface area (Å²) in [5.74, 6) is 0. The molecule has 90 valence electrons. The molecule has 0 saturated heterocycles. The Morgan fingerprint density at radius 2 is 2.20 bits per heavy atom. The lowest BCUT2D eigenvalue weighted by molar-refractivity contribution is 0.0637. The second-order valence-electron chi connectivity index (χ2n) is 5.15. The summed E-state index contributed by atoms with van der Waals surface area (Å²) in [6, 6.07) is 0.763. The minimum atomic E-state index is 0.0573. The van der Waals surface area contributed by atoms with Crippen molar-refractivity contribution in [3.05, 3.63) is 0 Å². The molecule has 0 aromatic heterocycles. The molecule has 0 aliphatic heterocycles. The zero-order valence-corrected chi connectivity index (χ0v) is 10.4. The fourth-order valence-corrected chi connectivity index (χ4v) is 2.36. The van der Waals surface area contributed by atoms with Gasteiger partial charge in [0.15, 0.2) is 0 Å². The Kier molecular flexibility index (Phi) is 4.56. The van der Waals surface area contributed by atoms with Crippen molar-refractivity contribution in [2.45, 2.75) is 58.2 Å². The van der Waals surface area contributed by atoms with Crippen molar-refractivity contribution in [2.24, 2.45) is 5.41 Å². The van der Waals surface area contributed by atoms with E-state index < -0.39 is 0 Å². The molecular weight excluding hydrogens is 190 g/mol. The van der Waals surface area contributed by atoms with Crippen LogP contribution in [-0.4, -0.2) is 37.0 Å². The number of methoxy groups -OCH3 is 1. The number of nitrogens with one attached hydrogen (secondary N) is 1. The van der Waals surface area contributed by atoms with Crippen molar-refractivity contribution in [3.63, 3.8) is 0 Å². The lowest BCUT2D eigenvalue weighted by Crippen LogP contribution is -2.49. The van der Waals surface area contributed by atoms with Crippen LogP contribution in [0.15, 0.2) is 0 Å². The zero-order chi connectivity index (χ0) is 11.5. The molecule has 0 aromatic rings. The fraction of sp³-hybridized carbons (Fsp3) is 1.00. The Morgan fingerprint density at radius 1 is 1.53 bits per heavy atom. The maximum Gasteiger partial charge on any atom is 0.0693 e. The van der Waals surface area contributed by atoms with Gasteiger partial charge in [0.2, 0.25) is 0 Å². The van der Waals surface area contributed by atoms with Crippen LogP contribution in [0.1, 0.15) is 40.0 Å². The van der Waals surface area contributed by atoms with Crippen molar-refractivity contribution >= 4 is 0 Å². The van der Waals surface area contributed by atoms with Crippen LogP contribution in [0.5, 0.6) is 0 Å². The molecule has 0 bridgehead atoms. The van der Waals surface area contributed by atoms with E-state index in [-0.39, 0.29) is 18.1 Å². The molecule has 3 heteroatoms. The topological polar surface area (TPSA) is 41.5 Å². The second kappa shape index (κ2) is 5.28. The second-order valence-corrected chi connectivity index (χ2v) is 5.15. The molecule has 4 unspecified atom stereocenters. The van der Waals surface area contributed by atoms with Crippen LogP contribution in [0, 0.1) is 5.41 Å². The number of hydrogen-bond acceptors (Lipinski definition) is 3. The predicted octanol–water partition coefficient (Wildman–Crippen LogP) is 1.55. The molecule has 1 aliphatic rings. The van der Waals surface area contributed by atoms with Crippen LogP contribution in [0.25, 0.3) is 0 Å². The van der Waals surface area contributed by atoms with Crippen molar-refractivity contribution in [1.29, 1.82) is 0 Å². The fourth-order valence-electron chi connectivity index (χ4n) is 2.36. The van der Waals surface area contributed by atoms with E-state index in [0.717, 1.165) is 12.8 Å². The highest BCUT2D eigenvalue weighted by Crippen LogP contribution is 2.37. The van der Waals surface area contributed by atoms with Gasteiger partial charge < -0.3 is 15.2 Å². The molecule has 0 heterocycles. The first-order chi connectivity index (χ1) is 7.03. The Hall–Kier alpha value is -0.120. The van der Waals surface area contributed by atoms with Crippen LogP contribution in [0.2, 0.25) is 0 Å². The van der Waals surface area contributed by atoms with Gasteiger partial charge in [-0.3, -0.25) is 0 Å². The van der Waals surface area contributed by atoms with Crippen LogP contribution in [-0.2, 0) is 4.74 Å². The number of aliphatic hydroxyl groups excluding tert-OH is 1. The SMILES string of the molecule is COC(C)C(C)NC1CCCC1(C)CO. The van der Waals surface area contributed by atoms with Gasteiger partial charge in [0, 0.05) is 31.2 Å². The first-order valence-corrected chi connectivity index (χ1v) is 5.93. The molecule has 0 amide bonds. The van der Waals surface area contributed by atoms with E-state index in [2.05, 4.69) is 26.1 Å². The van der Waals surface area contributed by atoms with E-state index in [0.29, 0.717) is 12.1 Å². The first kappa shape index (κ1) is 12.9. The minimum absolute atomic E-state index is 0.0573. The van der Waals surface area contributed by atoms with E-state index in [1.54, 1.807) is 7.11 Å². The smallest absolute Gasteiger partial charge is 0.0693 e. The first-order valence-electron chi connectivity index (χ1n) is 5.93. The molecule has 1 fully saturated rings. The van der Waals surface area contributed by atoms with Crippen molar-refractivity contribution in [3.8, 4) is 0 Å². The summed E-state index contributed by atoms with van der Waals surface area (Å²) in [6.45, 7) is 6.66. The maximum atomic E-state index is 9.43. The van der Waals surface area contributed by atoms with Gasteiger partial charge in [0.1, 0.15) is 0 Å². The van der Waals surface area contributed by atoms with Gasteiger partial charge in [-0.2, -0.15) is 0 Å². The lowest BCUT2D eigenvalue weighted by Gasteiger charge is -2.34. The zero-order valence-electron chi connectivity index (χ0n) is 10.4. The summed E-state index contributed by atoms with van der Waals surface area (Å²) >= 11 is 0. The number of ether oxygens (including phenoxy) is 1. The Balaban J connectivity index is 2.50. The molecule has 0 aromatic carbocycles. The van der Waals surface area contributed by atoms with E-state index in [1.165, 1.54) is 6.42 Å². The summed E-state index contributed by atoms with van der Waals surface area (Å²) in [7, 11) is 1.74. The third kappa shape index (κ3) is 2.92. The Labute approximate surface area is 93.2 Å². The van der Waals surface area contributed by atoms with Crippen molar-refractivity contribution in [2.75, 3.05) is 13.7 Å². The van der Waals surface area contributed by atoms with Crippen LogP contribution in [0.3, 0.4) is 0 Å². The van der Waals surface area contributed by atoms with E-state index >= 15 is 0 Å². The number of hydrogen-bond donors (Lipinski definition) is 2. The summed E-state index contributed by atoms with van der Waals surface area (Å²) in [5.41, 5.74) is 0.0573. The summed E-state index contributed by atoms with van der Waals surface area (Å²) in [6.07, 6.45) is 3.71. The summed E-state index contributed by atoms with van der Waals surface area (Å²) < 4.78 is 5.30. The summed E-state index contributed by atoms with van der Waals surface area (Å²) in [5, 5.41) is 13.0. The predicted molar refractivity (Wildman–Crippen MR) is 61.9 cm³/mol. The normalized spacial score (nSPS) is 35.4. The van der Waals surface area contributed by atoms with Gasteiger partial charge in [-0.05, 0) is 26.7 Å². The van der Waals surface area contributed by atoms with Gasteiger partial charge in [-0.15, -0.1) is 0 Å². The molecule has 1 aliphatic carbocycles. The van der Waals surface area contributed by atoms with E-state index in [9.17, 15) is 5.11 Å². The molecule has 0 spiro atoms. The highest BCUT2D eigenvalue weighted by atomic mass is 16.5. The molecule has 4 atom stereocenters. The van der Waals surface area contributed by atoms with Crippen molar-refractivity contribution in [1.82, 2.24) is 5.32 Å². The maximum absolute atomic E-state index is 9.43. The Bertz CT molecular complexity index is 198. The van der Waals surface area contributed by atoms with Gasteiger partial charge in [0.25, 0.3) is 0 Å². The van der Waals surface area contributed by atoms with E-state index in [1.807, 2.05) is 0 Å². The quantitative estimate of drug-likeness (QED) is 0.731. The molecule has 2 N–H and O–H groups in total. The lowest BCUT2D eigenvalue weighted by atomic mass is 9.85. The molecule has 0 radical (unpaired) electrons. The standard InChI is InChI=1S/C12H25NO2/c1-9(10(2)15-4)13-11-6-5-7-12(11,3)8-14/h9-11,13-14H,5-8H2,1-4H3. The van der Waals surface area contributed by atoms with Crippen LogP contribution in [0.4, 0.5) is 0 Å². The minimum Gasteiger partial charge on any atom is -0.396 e. The van der Waals surface area contributed by atoms with Gasteiger partial charge in [0.05, 0.1) is 6.10 Å². The molecule has 3 nitrogen and oxygen atoms in total. The van der Waals surface area contributed by atoms with E-state index in [4.69, 9.17) is 4.74 Å². The highest BCUT2D eigenvalue weighted by Gasteiger charge is 2.38. The van der Waals surface area contributed by atoms with Gasteiger partial charge in [-0.25, -0.2) is 0 Å². The monoisotopic (exact) mass is 215 g/mol. The third-order valence-electron chi connectivity index (χ3n) is 3.98. The number of rotatable bonds is 5. The largest absolute Gasteiger partial charge is 0.396 e. The third-order valence-corrected chi connectivity index (χ3v) is 3.98.